The summed E-state index contributed by atoms with van der Waals surface area (Å²) in [6.45, 7) is 3.90. The Hall–Kier alpha value is -1.04. The number of carbonyl (C=O) groups is 1. The van der Waals surface area contributed by atoms with Crippen LogP contribution < -0.4 is 11.1 Å². The number of carbonyl (C=O) groups excluding carboxylic acids is 1. The summed E-state index contributed by atoms with van der Waals surface area (Å²) in [7, 11) is 0. The number of benzene rings is 1. The molecule has 0 aliphatic carbocycles. The van der Waals surface area contributed by atoms with E-state index in [9.17, 15) is 4.79 Å². The number of aliphatic hydroxyl groups is 1. The third-order valence-corrected chi connectivity index (χ3v) is 3.04. The molecule has 0 saturated carbocycles. The van der Waals surface area contributed by atoms with Gasteiger partial charge in [-0.15, -0.1) is 11.8 Å². The third-order valence-electron chi connectivity index (χ3n) is 2.03. The Morgan fingerprint density at radius 2 is 2.00 bits per heavy atom. The maximum atomic E-state index is 11.4. The van der Waals surface area contributed by atoms with Gasteiger partial charge < -0.3 is 16.2 Å². The standard InChI is InChI=1S/C12H18N2O2S/c1-8(2)17-10-5-3-9(4-6-10)14-12(16)11(13)7-15/h3-6,8,11,15H,7,13H2,1-2H3,(H,14,16). The van der Waals surface area contributed by atoms with Crippen molar-refractivity contribution in [3.63, 3.8) is 0 Å². The Morgan fingerprint density at radius 3 is 2.47 bits per heavy atom. The zero-order valence-corrected chi connectivity index (χ0v) is 10.8. The topological polar surface area (TPSA) is 75.4 Å². The van der Waals surface area contributed by atoms with Crippen molar-refractivity contribution in [2.75, 3.05) is 11.9 Å². The number of nitrogens with two attached hydrogens (primary N) is 1. The smallest absolute Gasteiger partial charge is 0.243 e. The van der Waals surface area contributed by atoms with Gasteiger partial charge in [0.2, 0.25) is 5.91 Å². The molecule has 0 spiro atoms. The molecule has 0 saturated heterocycles. The molecule has 17 heavy (non-hydrogen) atoms. The van der Waals surface area contributed by atoms with E-state index < -0.39 is 6.04 Å². The van der Waals surface area contributed by atoms with E-state index in [1.165, 1.54) is 0 Å². The van der Waals surface area contributed by atoms with E-state index in [-0.39, 0.29) is 12.5 Å². The lowest BCUT2D eigenvalue weighted by Gasteiger charge is -2.10. The van der Waals surface area contributed by atoms with Crippen molar-refractivity contribution in [3.8, 4) is 0 Å². The first-order valence-corrected chi connectivity index (χ1v) is 6.35. The maximum absolute atomic E-state index is 11.4. The first-order valence-electron chi connectivity index (χ1n) is 5.47. The summed E-state index contributed by atoms with van der Waals surface area (Å²) >= 11 is 1.76. The van der Waals surface area contributed by atoms with E-state index in [4.69, 9.17) is 10.8 Å². The third kappa shape index (κ3) is 4.77. The second-order valence-electron chi connectivity index (χ2n) is 3.97. The molecule has 1 aromatic carbocycles. The Morgan fingerprint density at radius 1 is 1.41 bits per heavy atom. The van der Waals surface area contributed by atoms with Gasteiger partial charge in [-0.3, -0.25) is 4.79 Å². The summed E-state index contributed by atoms with van der Waals surface area (Å²) in [5.74, 6) is -0.378. The second kappa shape index (κ2) is 6.64. The normalized spacial score (nSPS) is 12.5. The lowest BCUT2D eigenvalue weighted by molar-refractivity contribution is -0.118. The van der Waals surface area contributed by atoms with Gasteiger partial charge in [0, 0.05) is 15.8 Å². The van der Waals surface area contributed by atoms with Crippen LogP contribution >= 0.6 is 11.8 Å². The minimum absolute atomic E-state index is 0.354. The number of anilines is 1. The fraction of sp³-hybridized carbons (Fsp3) is 0.417. The van der Waals surface area contributed by atoms with Crippen LogP contribution in [0.1, 0.15) is 13.8 Å². The van der Waals surface area contributed by atoms with Crippen LogP contribution in [0.15, 0.2) is 29.2 Å². The minimum atomic E-state index is -0.875. The molecular weight excluding hydrogens is 236 g/mol. The molecule has 4 N–H and O–H groups in total. The molecule has 0 aliphatic rings. The molecule has 0 fully saturated rings. The molecule has 5 heteroatoms. The summed E-state index contributed by atoms with van der Waals surface area (Å²) < 4.78 is 0. The van der Waals surface area contributed by atoms with Crippen LogP contribution in [0.3, 0.4) is 0 Å². The van der Waals surface area contributed by atoms with Crippen LogP contribution in [-0.4, -0.2) is 28.9 Å². The molecule has 94 valence electrons. The van der Waals surface area contributed by atoms with E-state index in [2.05, 4.69) is 19.2 Å². The highest BCUT2D eigenvalue weighted by molar-refractivity contribution is 7.99. The molecule has 1 rings (SSSR count). The Kier molecular flexibility index (Phi) is 5.47. The molecule has 0 bridgehead atoms. The van der Waals surface area contributed by atoms with Gasteiger partial charge in [0.15, 0.2) is 0 Å². The molecule has 0 heterocycles. The molecule has 1 unspecified atom stereocenters. The van der Waals surface area contributed by atoms with E-state index in [1.54, 1.807) is 11.8 Å². The highest BCUT2D eigenvalue weighted by atomic mass is 32.2. The van der Waals surface area contributed by atoms with Crippen LogP contribution in [0.5, 0.6) is 0 Å². The Labute approximate surface area is 106 Å². The van der Waals surface area contributed by atoms with Gasteiger partial charge in [-0.25, -0.2) is 0 Å². The number of thioether (sulfide) groups is 1. The van der Waals surface area contributed by atoms with Crippen molar-refractivity contribution in [3.05, 3.63) is 24.3 Å². The van der Waals surface area contributed by atoms with Crippen LogP contribution in [0.25, 0.3) is 0 Å². The van der Waals surface area contributed by atoms with E-state index in [0.29, 0.717) is 10.9 Å². The number of rotatable bonds is 5. The fourth-order valence-electron chi connectivity index (χ4n) is 1.21. The lowest BCUT2D eigenvalue weighted by atomic mass is 10.2. The Balaban J connectivity index is 2.59. The van der Waals surface area contributed by atoms with Crippen LogP contribution in [-0.2, 0) is 4.79 Å². The summed E-state index contributed by atoms with van der Waals surface area (Å²) in [5.41, 5.74) is 6.08. The largest absolute Gasteiger partial charge is 0.394 e. The van der Waals surface area contributed by atoms with Crippen molar-refractivity contribution >= 4 is 23.4 Å². The van der Waals surface area contributed by atoms with E-state index >= 15 is 0 Å². The van der Waals surface area contributed by atoms with Gasteiger partial charge in [0.1, 0.15) is 6.04 Å². The number of hydrogen-bond acceptors (Lipinski definition) is 4. The van der Waals surface area contributed by atoms with Crippen molar-refractivity contribution in [1.82, 2.24) is 0 Å². The van der Waals surface area contributed by atoms with Gasteiger partial charge in [0.05, 0.1) is 6.61 Å². The number of nitrogens with one attached hydrogen (secondary N) is 1. The summed E-state index contributed by atoms with van der Waals surface area (Å²) in [6, 6.07) is 6.68. The van der Waals surface area contributed by atoms with Gasteiger partial charge in [-0.2, -0.15) is 0 Å². The van der Waals surface area contributed by atoms with Crippen molar-refractivity contribution < 1.29 is 9.90 Å². The molecule has 1 atom stereocenters. The van der Waals surface area contributed by atoms with Crippen LogP contribution in [0.2, 0.25) is 0 Å². The molecule has 4 nitrogen and oxygen atoms in total. The molecule has 0 aromatic heterocycles. The number of hydrogen-bond donors (Lipinski definition) is 3. The monoisotopic (exact) mass is 254 g/mol. The number of aliphatic hydroxyl groups excluding tert-OH is 1. The SMILES string of the molecule is CC(C)Sc1ccc(NC(=O)C(N)CO)cc1. The van der Waals surface area contributed by atoms with E-state index in [1.807, 2.05) is 24.3 Å². The van der Waals surface area contributed by atoms with Crippen LogP contribution in [0, 0.1) is 0 Å². The number of amides is 1. The quantitative estimate of drug-likeness (QED) is 0.695. The predicted molar refractivity (Wildman–Crippen MR) is 71.1 cm³/mol. The second-order valence-corrected chi connectivity index (χ2v) is 5.62. The van der Waals surface area contributed by atoms with Crippen LogP contribution in [0.4, 0.5) is 5.69 Å². The van der Waals surface area contributed by atoms with Crippen molar-refractivity contribution in [1.29, 1.82) is 0 Å². The van der Waals surface area contributed by atoms with E-state index in [0.717, 1.165) is 4.90 Å². The highest BCUT2D eigenvalue weighted by Gasteiger charge is 2.11. The van der Waals surface area contributed by atoms with Gasteiger partial charge in [-0.05, 0) is 24.3 Å². The van der Waals surface area contributed by atoms with Crippen molar-refractivity contribution in [2.24, 2.45) is 5.73 Å². The Bertz CT molecular complexity index is 365. The van der Waals surface area contributed by atoms with Gasteiger partial charge in [-0.1, -0.05) is 13.8 Å². The van der Waals surface area contributed by atoms with Gasteiger partial charge in [0.25, 0.3) is 0 Å². The molecule has 1 aromatic rings. The lowest BCUT2D eigenvalue weighted by Crippen LogP contribution is -2.38. The van der Waals surface area contributed by atoms with Gasteiger partial charge >= 0.3 is 0 Å². The summed E-state index contributed by atoms with van der Waals surface area (Å²) in [6.07, 6.45) is 0. The highest BCUT2D eigenvalue weighted by Crippen LogP contribution is 2.24. The predicted octanol–water partition coefficient (Wildman–Crippen LogP) is 1.45. The summed E-state index contributed by atoms with van der Waals surface area (Å²) in [4.78, 5) is 12.6. The fourth-order valence-corrected chi connectivity index (χ4v) is 2.04. The molecular formula is C12H18N2O2S. The first-order chi connectivity index (χ1) is 8.02. The molecule has 1 amide bonds. The average molecular weight is 254 g/mol. The summed E-state index contributed by atoms with van der Waals surface area (Å²) in [5, 5.41) is 11.9. The minimum Gasteiger partial charge on any atom is -0.394 e. The average Bonchev–Trinajstić information content (AvgIpc) is 2.30. The van der Waals surface area contributed by atoms with Crippen molar-refractivity contribution in [2.45, 2.75) is 30.0 Å². The maximum Gasteiger partial charge on any atom is 0.243 e. The zero-order chi connectivity index (χ0) is 12.8. The molecule has 0 aliphatic heterocycles. The molecule has 0 radical (unpaired) electrons. The zero-order valence-electron chi connectivity index (χ0n) is 10.0. The first kappa shape index (κ1) is 14.0.